The van der Waals surface area contributed by atoms with Crippen LogP contribution in [-0.4, -0.2) is 28.8 Å². The molecule has 0 aromatic heterocycles. The molecule has 21 heavy (non-hydrogen) atoms. The van der Waals surface area contributed by atoms with Crippen LogP contribution in [0.5, 0.6) is 5.75 Å². The zero-order valence-corrected chi connectivity index (χ0v) is 12.7. The third-order valence-electron chi connectivity index (χ3n) is 4.56. The lowest BCUT2D eigenvalue weighted by molar-refractivity contribution is -0.145. The Labute approximate surface area is 125 Å². The van der Waals surface area contributed by atoms with Gasteiger partial charge in [-0.3, -0.25) is 10.1 Å². The van der Waals surface area contributed by atoms with Gasteiger partial charge in [-0.15, -0.1) is 0 Å². The second kappa shape index (κ2) is 5.34. The van der Waals surface area contributed by atoms with Gasteiger partial charge in [-0.1, -0.05) is 17.7 Å². The number of carboxylic acid groups (broad SMARTS) is 1. The molecule has 1 aromatic carbocycles. The lowest BCUT2D eigenvalue weighted by Crippen LogP contribution is -2.51. The van der Waals surface area contributed by atoms with Gasteiger partial charge in [0.25, 0.3) is 0 Å². The molecule has 0 bridgehead atoms. The fourth-order valence-electron chi connectivity index (χ4n) is 3.22. The van der Waals surface area contributed by atoms with Crippen molar-refractivity contribution in [3.8, 4) is 5.75 Å². The molecule has 2 atom stereocenters. The number of rotatable bonds is 5. The average Bonchev–Trinajstić information content (AvgIpc) is 3.12. The summed E-state index contributed by atoms with van der Waals surface area (Å²) in [4.78, 5) is 11.7. The van der Waals surface area contributed by atoms with E-state index in [0.29, 0.717) is 18.9 Å². The van der Waals surface area contributed by atoms with Gasteiger partial charge < -0.3 is 9.84 Å². The number of aryl methyl sites for hydroxylation is 2. The van der Waals surface area contributed by atoms with Crippen molar-refractivity contribution in [1.82, 2.24) is 5.32 Å². The van der Waals surface area contributed by atoms with Crippen LogP contribution in [-0.2, 0) is 4.79 Å². The molecule has 2 saturated carbocycles. The summed E-state index contributed by atoms with van der Waals surface area (Å²) in [5.74, 6) is 0.138. The molecule has 2 aliphatic carbocycles. The monoisotopic (exact) mass is 289 g/mol. The Balaban J connectivity index is 1.69. The molecular weight excluding hydrogens is 266 g/mol. The van der Waals surface area contributed by atoms with Crippen LogP contribution in [0.2, 0.25) is 0 Å². The van der Waals surface area contributed by atoms with Gasteiger partial charge in [0.2, 0.25) is 0 Å². The van der Waals surface area contributed by atoms with Gasteiger partial charge in [0, 0.05) is 12.5 Å². The first kappa shape index (κ1) is 14.4. The SMILES string of the molecule is Cc1ccc(OC2CCC(NC3CC3)(C(=O)O)C2)c(C)c1. The summed E-state index contributed by atoms with van der Waals surface area (Å²) in [5, 5.41) is 12.9. The van der Waals surface area contributed by atoms with Crippen molar-refractivity contribution < 1.29 is 14.6 Å². The maximum absolute atomic E-state index is 11.7. The molecule has 0 saturated heterocycles. The largest absolute Gasteiger partial charge is 0.490 e. The molecular formula is C17H23NO3. The van der Waals surface area contributed by atoms with Gasteiger partial charge in [-0.2, -0.15) is 0 Å². The summed E-state index contributed by atoms with van der Waals surface area (Å²) in [7, 11) is 0. The lowest BCUT2D eigenvalue weighted by atomic mass is 9.97. The van der Waals surface area contributed by atoms with Crippen LogP contribution in [0.4, 0.5) is 0 Å². The first-order valence-corrected chi connectivity index (χ1v) is 7.73. The Morgan fingerprint density at radius 2 is 2.10 bits per heavy atom. The molecule has 4 nitrogen and oxygen atoms in total. The van der Waals surface area contributed by atoms with Crippen molar-refractivity contribution in [1.29, 1.82) is 0 Å². The van der Waals surface area contributed by atoms with Crippen molar-refractivity contribution in [2.45, 2.75) is 63.6 Å². The maximum Gasteiger partial charge on any atom is 0.324 e. The molecule has 4 heteroatoms. The minimum absolute atomic E-state index is 0.0197. The second-order valence-corrected chi connectivity index (χ2v) is 6.56. The zero-order valence-electron chi connectivity index (χ0n) is 12.7. The Hall–Kier alpha value is -1.55. The Bertz CT molecular complexity index is 553. The number of hydrogen-bond donors (Lipinski definition) is 2. The van der Waals surface area contributed by atoms with Crippen molar-refractivity contribution in [2.24, 2.45) is 0 Å². The highest BCUT2D eigenvalue weighted by Gasteiger charge is 2.49. The Kier molecular flexibility index (Phi) is 3.66. The molecule has 114 valence electrons. The van der Waals surface area contributed by atoms with Gasteiger partial charge in [-0.05, 0) is 51.2 Å². The number of nitrogens with one attached hydrogen (secondary N) is 1. The Morgan fingerprint density at radius 1 is 1.33 bits per heavy atom. The zero-order chi connectivity index (χ0) is 15.0. The van der Waals surface area contributed by atoms with Crippen LogP contribution in [0.25, 0.3) is 0 Å². The molecule has 2 unspecified atom stereocenters. The highest BCUT2D eigenvalue weighted by molar-refractivity contribution is 5.79. The van der Waals surface area contributed by atoms with E-state index in [1.54, 1.807) is 0 Å². The van der Waals surface area contributed by atoms with Crippen LogP contribution in [0.3, 0.4) is 0 Å². The van der Waals surface area contributed by atoms with E-state index in [2.05, 4.69) is 18.3 Å². The van der Waals surface area contributed by atoms with Gasteiger partial charge in [0.05, 0.1) is 0 Å². The summed E-state index contributed by atoms with van der Waals surface area (Å²) >= 11 is 0. The van der Waals surface area contributed by atoms with E-state index >= 15 is 0 Å². The molecule has 0 spiro atoms. The second-order valence-electron chi connectivity index (χ2n) is 6.56. The summed E-state index contributed by atoms with van der Waals surface area (Å²) in [6.07, 6.45) is 4.16. The van der Waals surface area contributed by atoms with Crippen molar-refractivity contribution >= 4 is 5.97 Å². The molecule has 0 amide bonds. The van der Waals surface area contributed by atoms with Crippen LogP contribution in [0.1, 0.15) is 43.2 Å². The molecule has 3 rings (SSSR count). The number of carboxylic acids is 1. The minimum atomic E-state index is -0.787. The highest BCUT2D eigenvalue weighted by Crippen LogP contribution is 2.36. The van der Waals surface area contributed by atoms with E-state index in [1.165, 1.54) is 5.56 Å². The van der Waals surface area contributed by atoms with Crippen LogP contribution in [0.15, 0.2) is 18.2 Å². The predicted octanol–water partition coefficient (Wildman–Crippen LogP) is 2.81. The van der Waals surface area contributed by atoms with E-state index in [0.717, 1.165) is 30.6 Å². The number of aliphatic carboxylic acids is 1. The molecule has 0 aliphatic heterocycles. The van der Waals surface area contributed by atoms with E-state index in [4.69, 9.17) is 4.74 Å². The van der Waals surface area contributed by atoms with E-state index in [9.17, 15) is 9.90 Å². The fourth-order valence-corrected chi connectivity index (χ4v) is 3.22. The van der Waals surface area contributed by atoms with Crippen molar-refractivity contribution in [3.63, 3.8) is 0 Å². The third kappa shape index (κ3) is 3.05. The quantitative estimate of drug-likeness (QED) is 0.875. The van der Waals surface area contributed by atoms with E-state index < -0.39 is 11.5 Å². The lowest BCUT2D eigenvalue weighted by Gasteiger charge is -2.26. The first-order chi connectivity index (χ1) is 9.98. The molecule has 0 radical (unpaired) electrons. The standard InChI is InChI=1S/C17H23NO3/c1-11-3-6-15(12(2)9-11)21-14-7-8-17(10-14,16(19)20)18-13-4-5-13/h3,6,9,13-14,18H,4-5,7-8,10H2,1-2H3,(H,19,20). The van der Waals surface area contributed by atoms with Crippen LogP contribution in [0, 0.1) is 13.8 Å². The predicted molar refractivity (Wildman–Crippen MR) is 80.7 cm³/mol. The van der Waals surface area contributed by atoms with Gasteiger partial charge >= 0.3 is 5.97 Å². The summed E-state index contributed by atoms with van der Waals surface area (Å²) in [5.41, 5.74) is 1.53. The van der Waals surface area contributed by atoms with Crippen LogP contribution < -0.4 is 10.1 Å². The number of ether oxygens (including phenoxy) is 1. The topological polar surface area (TPSA) is 58.6 Å². The number of hydrogen-bond acceptors (Lipinski definition) is 3. The molecule has 2 fully saturated rings. The highest BCUT2D eigenvalue weighted by atomic mass is 16.5. The van der Waals surface area contributed by atoms with Crippen LogP contribution >= 0.6 is 0 Å². The van der Waals surface area contributed by atoms with E-state index in [1.807, 2.05) is 19.1 Å². The number of benzene rings is 1. The summed E-state index contributed by atoms with van der Waals surface area (Å²) in [6.45, 7) is 4.09. The maximum atomic E-state index is 11.7. The first-order valence-electron chi connectivity index (χ1n) is 7.73. The minimum Gasteiger partial charge on any atom is -0.490 e. The van der Waals surface area contributed by atoms with Crippen molar-refractivity contribution in [2.75, 3.05) is 0 Å². The molecule has 1 aromatic rings. The van der Waals surface area contributed by atoms with Gasteiger partial charge in [0.1, 0.15) is 17.4 Å². The number of carbonyl (C=O) groups is 1. The summed E-state index contributed by atoms with van der Waals surface area (Å²) in [6, 6.07) is 6.50. The fraction of sp³-hybridized carbons (Fsp3) is 0.588. The summed E-state index contributed by atoms with van der Waals surface area (Å²) < 4.78 is 6.07. The van der Waals surface area contributed by atoms with Crippen molar-refractivity contribution in [3.05, 3.63) is 29.3 Å². The normalized spacial score (nSPS) is 28.6. The van der Waals surface area contributed by atoms with Gasteiger partial charge in [0.15, 0.2) is 0 Å². The molecule has 2 N–H and O–H groups in total. The van der Waals surface area contributed by atoms with Gasteiger partial charge in [-0.25, -0.2) is 0 Å². The smallest absolute Gasteiger partial charge is 0.324 e. The van der Waals surface area contributed by atoms with E-state index in [-0.39, 0.29) is 6.10 Å². The third-order valence-corrected chi connectivity index (χ3v) is 4.56. The Morgan fingerprint density at radius 3 is 2.71 bits per heavy atom. The molecule has 2 aliphatic rings. The average molecular weight is 289 g/mol. The molecule has 0 heterocycles.